The summed E-state index contributed by atoms with van der Waals surface area (Å²) < 4.78 is 1.53. The van der Waals surface area contributed by atoms with Gasteiger partial charge in [-0.15, -0.1) is 0 Å². The number of nitrogens with two attached hydrogens (primary N) is 1. The van der Waals surface area contributed by atoms with Crippen LogP contribution in [0.15, 0.2) is 0 Å². The van der Waals surface area contributed by atoms with Gasteiger partial charge in [0.25, 0.3) is 17.6 Å². The summed E-state index contributed by atoms with van der Waals surface area (Å²) >= 11 is 0. The molecule has 7 nitrogen and oxygen atoms in total. The molecule has 2 amide bonds. The van der Waals surface area contributed by atoms with Gasteiger partial charge in [-0.3, -0.25) is 14.4 Å². The zero-order chi connectivity index (χ0) is 18.2. The Balaban J connectivity index is 2.16. The first-order chi connectivity index (χ1) is 11.0. The largest absolute Gasteiger partial charge is 0.390 e. The van der Waals surface area contributed by atoms with Crippen LogP contribution in [0.2, 0.25) is 0 Å². The average Bonchev–Trinajstić information content (AvgIpc) is 2.70. The predicted molar refractivity (Wildman–Crippen MR) is 88.8 cm³/mol. The Bertz CT molecular complexity index is 693. The van der Waals surface area contributed by atoms with Gasteiger partial charge in [-0.1, -0.05) is 0 Å². The van der Waals surface area contributed by atoms with Gasteiger partial charge >= 0.3 is 0 Å². The van der Waals surface area contributed by atoms with Crippen molar-refractivity contribution in [1.29, 1.82) is 0 Å². The van der Waals surface area contributed by atoms with E-state index in [-0.39, 0.29) is 17.3 Å². The van der Waals surface area contributed by atoms with Crippen LogP contribution < -0.4 is 11.1 Å². The maximum atomic E-state index is 12.5. The van der Waals surface area contributed by atoms with Crippen LogP contribution in [0.3, 0.4) is 0 Å². The van der Waals surface area contributed by atoms with Crippen molar-refractivity contribution in [3.63, 3.8) is 0 Å². The molecule has 1 aromatic heterocycles. The minimum atomic E-state index is -0.701. The van der Waals surface area contributed by atoms with Gasteiger partial charge in [-0.25, -0.2) is 0 Å². The number of nitrogens with zero attached hydrogens (tertiary/aromatic N) is 1. The molecule has 1 aromatic rings. The number of aromatic nitrogens is 1. The number of Topliss-reactive ketones (excluding diaryl/α,β-unsaturated/α-hetero) is 1. The minimum absolute atomic E-state index is 0.126. The lowest BCUT2D eigenvalue weighted by atomic mass is 9.83. The van der Waals surface area contributed by atoms with E-state index in [1.54, 1.807) is 27.8 Å². The Morgan fingerprint density at radius 2 is 1.79 bits per heavy atom. The summed E-state index contributed by atoms with van der Waals surface area (Å²) in [6.45, 7) is 5.08. The highest BCUT2D eigenvalue weighted by molar-refractivity contribution is 6.43. The molecule has 1 saturated carbocycles. The predicted octanol–water partition coefficient (Wildman–Crippen LogP) is 0.733. The lowest BCUT2D eigenvalue weighted by Gasteiger charge is -2.33. The molecule has 1 aliphatic carbocycles. The maximum absolute atomic E-state index is 12.5. The number of carbonyl (C=O) groups excluding carboxylic acids is 3. The van der Waals surface area contributed by atoms with E-state index in [1.807, 2.05) is 0 Å². The fraction of sp³-hybridized carbons (Fsp3) is 0.588. The Kier molecular flexibility index (Phi) is 4.85. The zero-order valence-electron chi connectivity index (χ0n) is 14.6. The van der Waals surface area contributed by atoms with E-state index in [1.165, 1.54) is 4.57 Å². The standard InChI is InChI=1S/C17H25N3O4/c1-9-12(15(18)22)10(2)20(4)13(9)14(21)16(23)19-11-5-7-17(3,24)8-6-11/h11,24H,5-8H2,1-4H3,(H2,18,22)(H,19,23). The van der Waals surface area contributed by atoms with Crippen molar-refractivity contribution in [1.82, 2.24) is 9.88 Å². The lowest BCUT2D eigenvalue weighted by Crippen LogP contribution is -2.44. The number of hydrogen-bond acceptors (Lipinski definition) is 4. The SMILES string of the molecule is Cc1c(C(N)=O)c(C)n(C)c1C(=O)C(=O)NC1CCC(C)(O)CC1. The normalized spacial score (nSPS) is 23.8. The Morgan fingerprint density at radius 3 is 2.25 bits per heavy atom. The average molecular weight is 335 g/mol. The second kappa shape index (κ2) is 6.39. The van der Waals surface area contributed by atoms with Crippen molar-refractivity contribution in [3.8, 4) is 0 Å². The van der Waals surface area contributed by atoms with E-state index in [9.17, 15) is 19.5 Å². The third kappa shape index (κ3) is 3.36. The highest BCUT2D eigenvalue weighted by Gasteiger charge is 2.32. The highest BCUT2D eigenvalue weighted by atomic mass is 16.3. The number of aliphatic hydroxyl groups is 1. The molecule has 1 heterocycles. The van der Waals surface area contributed by atoms with Gasteiger partial charge in [0.1, 0.15) is 0 Å². The van der Waals surface area contributed by atoms with Crippen LogP contribution >= 0.6 is 0 Å². The topological polar surface area (TPSA) is 114 Å². The number of ketones is 1. The second-order valence-electron chi connectivity index (χ2n) is 6.93. The molecular formula is C17H25N3O4. The van der Waals surface area contributed by atoms with Crippen LogP contribution in [-0.4, -0.2) is 38.9 Å². The van der Waals surface area contributed by atoms with Crippen molar-refractivity contribution in [2.45, 2.75) is 58.1 Å². The lowest BCUT2D eigenvalue weighted by molar-refractivity contribution is -0.118. The molecule has 0 saturated heterocycles. The Hall–Kier alpha value is -2.15. The molecule has 1 fully saturated rings. The molecular weight excluding hydrogens is 310 g/mol. The molecule has 24 heavy (non-hydrogen) atoms. The summed E-state index contributed by atoms with van der Waals surface area (Å²) in [5.74, 6) is -1.99. The third-order valence-corrected chi connectivity index (χ3v) is 5.00. The van der Waals surface area contributed by atoms with Gasteiger partial charge in [-0.2, -0.15) is 0 Å². The number of primary amides is 1. The van der Waals surface area contributed by atoms with Crippen LogP contribution in [0.1, 0.15) is 64.7 Å². The van der Waals surface area contributed by atoms with Crippen molar-refractivity contribution in [2.24, 2.45) is 12.8 Å². The summed E-state index contributed by atoms with van der Waals surface area (Å²) in [6.07, 6.45) is 2.42. The Labute approximate surface area is 141 Å². The second-order valence-corrected chi connectivity index (χ2v) is 6.93. The van der Waals surface area contributed by atoms with Crippen LogP contribution in [0.5, 0.6) is 0 Å². The maximum Gasteiger partial charge on any atom is 0.294 e. The number of rotatable bonds is 4. The van der Waals surface area contributed by atoms with E-state index in [0.29, 0.717) is 36.9 Å². The van der Waals surface area contributed by atoms with Crippen molar-refractivity contribution >= 4 is 17.6 Å². The van der Waals surface area contributed by atoms with E-state index in [2.05, 4.69) is 5.32 Å². The molecule has 0 radical (unpaired) electrons. The number of carbonyl (C=O) groups is 3. The van der Waals surface area contributed by atoms with E-state index < -0.39 is 23.2 Å². The monoisotopic (exact) mass is 335 g/mol. The minimum Gasteiger partial charge on any atom is -0.390 e. The van der Waals surface area contributed by atoms with Gasteiger partial charge in [0, 0.05) is 18.8 Å². The van der Waals surface area contributed by atoms with Gasteiger partial charge in [0.05, 0.1) is 16.9 Å². The summed E-state index contributed by atoms with van der Waals surface area (Å²) in [4.78, 5) is 36.4. The molecule has 0 aromatic carbocycles. The van der Waals surface area contributed by atoms with E-state index >= 15 is 0 Å². The number of amides is 2. The van der Waals surface area contributed by atoms with Crippen LogP contribution in [-0.2, 0) is 11.8 Å². The Morgan fingerprint density at radius 1 is 1.25 bits per heavy atom. The summed E-state index contributed by atoms with van der Waals surface area (Å²) in [6, 6.07) is -0.126. The molecule has 0 atom stereocenters. The molecule has 2 rings (SSSR count). The summed E-state index contributed by atoms with van der Waals surface area (Å²) in [7, 11) is 1.63. The fourth-order valence-corrected chi connectivity index (χ4v) is 3.40. The first-order valence-electron chi connectivity index (χ1n) is 8.08. The van der Waals surface area contributed by atoms with Gasteiger partial charge in [0.2, 0.25) is 0 Å². The molecule has 1 aliphatic rings. The molecule has 4 N–H and O–H groups in total. The smallest absolute Gasteiger partial charge is 0.294 e. The van der Waals surface area contributed by atoms with E-state index in [0.717, 1.165) is 0 Å². The third-order valence-electron chi connectivity index (χ3n) is 5.00. The van der Waals surface area contributed by atoms with Crippen LogP contribution in [0.4, 0.5) is 0 Å². The molecule has 0 spiro atoms. The molecule has 132 valence electrons. The van der Waals surface area contributed by atoms with Gasteiger partial charge in [-0.05, 0) is 52.0 Å². The van der Waals surface area contributed by atoms with Gasteiger partial charge in [0.15, 0.2) is 0 Å². The van der Waals surface area contributed by atoms with Crippen molar-refractivity contribution in [3.05, 3.63) is 22.5 Å². The number of hydrogen-bond donors (Lipinski definition) is 3. The molecule has 0 aliphatic heterocycles. The van der Waals surface area contributed by atoms with Crippen LogP contribution in [0.25, 0.3) is 0 Å². The molecule has 0 bridgehead atoms. The highest BCUT2D eigenvalue weighted by Crippen LogP contribution is 2.28. The number of nitrogens with one attached hydrogen (secondary N) is 1. The van der Waals surface area contributed by atoms with Crippen LogP contribution in [0, 0.1) is 13.8 Å². The zero-order valence-corrected chi connectivity index (χ0v) is 14.6. The van der Waals surface area contributed by atoms with Gasteiger partial charge < -0.3 is 20.7 Å². The first kappa shape index (κ1) is 18.2. The molecule has 0 unspecified atom stereocenters. The summed E-state index contributed by atoms with van der Waals surface area (Å²) in [5, 5.41) is 12.7. The van der Waals surface area contributed by atoms with Crippen molar-refractivity contribution in [2.75, 3.05) is 0 Å². The van der Waals surface area contributed by atoms with Crippen molar-refractivity contribution < 1.29 is 19.5 Å². The molecule has 7 heteroatoms. The van der Waals surface area contributed by atoms with E-state index in [4.69, 9.17) is 5.73 Å². The summed E-state index contributed by atoms with van der Waals surface area (Å²) in [5.41, 5.74) is 6.11. The first-order valence-corrected chi connectivity index (χ1v) is 8.08. The quantitative estimate of drug-likeness (QED) is 0.556. The fourth-order valence-electron chi connectivity index (χ4n) is 3.40.